The van der Waals surface area contributed by atoms with Crippen LogP contribution >= 0.6 is 0 Å². The largest absolute Gasteiger partial charge is 0.453 e. The number of ether oxygens (including phenoxy) is 1. The van der Waals surface area contributed by atoms with Crippen molar-refractivity contribution in [2.75, 3.05) is 0 Å². The highest BCUT2D eigenvalue weighted by atomic mass is 16.6. The van der Waals surface area contributed by atoms with Gasteiger partial charge in [0.25, 0.3) is 0 Å². The van der Waals surface area contributed by atoms with E-state index in [4.69, 9.17) is 4.74 Å². The second kappa shape index (κ2) is 8.32. The highest BCUT2D eigenvalue weighted by Gasteiger charge is 2.48. The van der Waals surface area contributed by atoms with Gasteiger partial charge in [0, 0.05) is 12.3 Å². The lowest BCUT2D eigenvalue weighted by Crippen LogP contribution is -2.33. The summed E-state index contributed by atoms with van der Waals surface area (Å²) >= 11 is 0. The minimum Gasteiger partial charge on any atom is -0.453 e. The van der Waals surface area contributed by atoms with E-state index in [1.807, 2.05) is 42.5 Å². The molecule has 0 aromatic heterocycles. The molecule has 0 spiro atoms. The predicted molar refractivity (Wildman–Crippen MR) is 112 cm³/mol. The van der Waals surface area contributed by atoms with E-state index in [9.17, 15) is 14.4 Å². The Morgan fingerprint density at radius 2 is 1.59 bits per heavy atom. The minimum atomic E-state index is -1.30. The highest BCUT2D eigenvalue weighted by molar-refractivity contribution is 6.22. The molecule has 3 unspecified atom stereocenters. The Morgan fingerprint density at radius 1 is 0.966 bits per heavy atom. The molecule has 1 heterocycles. The monoisotopic (exact) mass is 392 g/mol. The van der Waals surface area contributed by atoms with Gasteiger partial charge in [0.05, 0.1) is 0 Å². The number of Topliss-reactive ketones (excluding diaryl/α,β-unsaturated/α-hetero) is 2. The first-order valence-electron chi connectivity index (χ1n) is 10.1. The topological polar surface area (TPSA) is 60.4 Å². The van der Waals surface area contributed by atoms with Crippen LogP contribution in [0.3, 0.4) is 0 Å². The summed E-state index contributed by atoms with van der Waals surface area (Å²) in [6, 6.07) is 17.5. The van der Waals surface area contributed by atoms with Gasteiger partial charge in [-0.25, -0.2) is 0 Å². The average molecular weight is 392 g/mol. The smallest absolute Gasteiger partial charge is 0.325 e. The number of hydrogen-bond donors (Lipinski definition) is 0. The van der Waals surface area contributed by atoms with E-state index < -0.39 is 29.7 Å². The Morgan fingerprint density at radius 3 is 2.17 bits per heavy atom. The molecule has 1 aliphatic rings. The molecule has 0 N–H and O–H groups in total. The van der Waals surface area contributed by atoms with Crippen molar-refractivity contribution in [3.8, 4) is 0 Å². The molecule has 4 nitrogen and oxygen atoms in total. The summed E-state index contributed by atoms with van der Waals surface area (Å²) in [5.41, 5.74) is 3.20. The number of ketones is 2. The van der Waals surface area contributed by atoms with Gasteiger partial charge >= 0.3 is 5.97 Å². The lowest BCUT2D eigenvalue weighted by Gasteiger charge is -2.19. The third-order valence-corrected chi connectivity index (χ3v) is 5.49. The van der Waals surface area contributed by atoms with Crippen molar-refractivity contribution in [2.24, 2.45) is 11.8 Å². The van der Waals surface area contributed by atoms with Crippen molar-refractivity contribution in [1.29, 1.82) is 0 Å². The van der Waals surface area contributed by atoms with Gasteiger partial charge in [0.15, 0.2) is 23.6 Å². The standard InChI is InChI=1S/C25H28O4/c1-16(14-18-10-12-19(13-11-18)25(2,3)4)22(26)21-23(27)20(29-24(21)28)15-17-8-6-5-7-9-17/h5-13,16,20-21H,14-15H2,1-4H3. The molecule has 0 aliphatic carbocycles. The molecule has 1 fully saturated rings. The first-order valence-corrected chi connectivity index (χ1v) is 10.1. The zero-order valence-electron chi connectivity index (χ0n) is 17.5. The van der Waals surface area contributed by atoms with Gasteiger partial charge in [-0.2, -0.15) is 0 Å². The maximum atomic E-state index is 12.9. The van der Waals surface area contributed by atoms with Crippen molar-refractivity contribution in [2.45, 2.75) is 52.1 Å². The highest BCUT2D eigenvalue weighted by Crippen LogP contribution is 2.26. The number of carbonyl (C=O) groups is 3. The number of rotatable bonds is 6. The summed E-state index contributed by atoms with van der Waals surface area (Å²) in [6.07, 6.45) is -0.0845. The van der Waals surface area contributed by atoms with E-state index in [2.05, 4.69) is 32.9 Å². The van der Waals surface area contributed by atoms with Crippen LogP contribution in [0.5, 0.6) is 0 Å². The lowest BCUT2D eigenvalue weighted by atomic mass is 9.84. The summed E-state index contributed by atoms with van der Waals surface area (Å²) in [5.74, 6) is -3.22. The predicted octanol–water partition coefficient (Wildman–Crippen LogP) is 4.09. The van der Waals surface area contributed by atoms with Crippen molar-refractivity contribution in [1.82, 2.24) is 0 Å². The molecule has 0 radical (unpaired) electrons. The second-order valence-corrected chi connectivity index (χ2v) is 8.91. The molecular weight excluding hydrogens is 364 g/mol. The number of benzene rings is 2. The van der Waals surface area contributed by atoms with Crippen LogP contribution in [-0.2, 0) is 37.4 Å². The lowest BCUT2D eigenvalue weighted by molar-refractivity contribution is -0.147. The molecule has 4 heteroatoms. The minimum absolute atomic E-state index is 0.0632. The maximum absolute atomic E-state index is 12.9. The van der Waals surface area contributed by atoms with Crippen molar-refractivity contribution >= 4 is 17.5 Å². The molecule has 1 saturated heterocycles. The Kier molecular flexibility index (Phi) is 6.02. The van der Waals surface area contributed by atoms with Crippen LogP contribution in [0.15, 0.2) is 54.6 Å². The van der Waals surface area contributed by atoms with Crippen LogP contribution in [0.1, 0.15) is 44.4 Å². The molecule has 3 atom stereocenters. The van der Waals surface area contributed by atoms with Gasteiger partial charge in [-0.1, -0.05) is 82.3 Å². The summed E-state index contributed by atoms with van der Waals surface area (Å²) in [7, 11) is 0. The van der Waals surface area contributed by atoms with Crippen LogP contribution in [0, 0.1) is 11.8 Å². The van der Waals surface area contributed by atoms with E-state index in [1.54, 1.807) is 6.92 Å². The number of carbonyl (C=O) groups excluding carboxylic acids is 3. The first-order chi connectivity index (χ1) is 13.7. The summed E-state index contributed by atoms with van der Waals surface area (Å²) in [4.78, 5) is 37.9. The quantitative estimate of drug-likeness (QED) is 0.549. The molecule has 2 aromatic rings. The van der Waals surface area contributed by atoms with E-state index in [1.165, 1.54) is 5.56 Å². The van der Waals surface area contributed by atoms with Crippen LogP contribution in [-0.4, -0.2) is 23.6 Å². The molecule has 0 saturated carbocycles. The molecule has 2 aromatic carbocycles. The van der Waals surface area contributed by atoms with Crippen LogP contribution < -0.4 is 0 Å². The van der Waals surface area contributed by atoms with Gasteiger partial charge in [0.1, 0.15) is 0 Å². The summed E-state index contributed by atoms with van der Waals surface area (Å²) in [5, 5.41) is 0. The molecular formula is C25H28O4. The molecule has 1 aliphatic heterocycles. The van der Waals surface area contributed by atoms with E-state index >= 15 is 0 Å². The SMILES string of the molecule is CC(Cc1ccc(C(C)(C)C)cc1)C(=O)C1C(=O)OC(Cc2ccccc2)C1=O. The van der Waals surface area contributed by atoms with Gasteiger partial charge < -0.3 is 4.74 Å². The molecule has 152 valence electrons. The molecule has 3 rings (SSSR count). The number of hydrogen-bond acceptors (Lipinski definition) is 4. The zero-order valence-corrected chi connectivity index (χ0v) is 17.5. The van der Waals surface area contributed by atoms with Crippen LogP contribution in [0.4, 0.5) is 0 Å². The Balaban J connectivity index is 1.66. The number of esters is 1. The average Bonchev–Trinajstić information content (AvgIpc) is 2.95. The Hall–Kier alpha value is -2.75. The normalized spacial score (nSPS) is 20.4. The summed E-state index contributed by atoms with van der Waals surface area (Å²) in [6.45, 7) is 8.22. The fourth-order valence-electron chi connectivity index (χ4n) is 3.67. The Labute approximate surface area is 172 Å². The van der Waals surface area contributed by atoms with Crippen molar-refractivity contribution < 1.29 is 19.1 Å². The van der Waals surface area contributed by atoms with Gasteiger partial charge in [-0.05, 0) is 28.5 Å². The van der Waals surface area contributed by atoms with Gasteiger partial charge in [-0.3, -0.25) is 14.4 Å². The van der Waals surface area contributed by atoms with E-state index in [-0.39, 0.29) is 11.2 Å². The number of cyclic esters (lactones) is 1. The van der Waals surface area contributed by atoms with Crippen LogP contribution in [0.25, 0.3) is 0 Å². The van der Waals surface area contributed by atoms with Gasteiger partial charge in [0.2, 0.25) is 0 Å². The fourth-order valence-corrected chi connectivity index (χ4v) is 3.67. The summed E-state index contributed by atoms with van der Waals surface area (Å²) < 4.78 is 5.26. The van der Waals surface area contributed by atoms with Crippen molar-refractivity contribution in [3.63, 3.8) is 0 Å². The van der Waals surface area contributed by atoms with E-state index in [0.29, 0.717) is 12.8 Å². The Bertz CT molecular complexity index is 891. The van der Waals surface area contributed by atoms with Crippen molar-refractivity contribution in [3.05, 3.63) is 71.3 Å². The molecule has 0 bridgehead atoms. The van der Waals surface area contributed by atoms with Gasteiger partial charge in [-0.15, -0.1) is 0 Å². The van der Waals surface area contributed by atoms with E-state index in [0.717, 1.165) is 11.1 Å². The zero-order chi connectivity index (χ0) is 21.2. The molecule has 0 amide bonds. The first kappa shape index (κ1) is 21.0. The third-order valence-electron chi connectivity index (χ3n) is 5.49. The second-order valence-electron chi connectivity index (χ2n) is 8.91. The molecule has 29 heavy (non-hydrogen) atoms. The van der Waals surface area contributed by atoms with Crippen LogP contribution in [0.2, 0.25) is 0 Å². The third kappa shape index (κ3) is 4.81. The fraction of sp³-hybridized carbons (Fsp3) is 0.400. The maximum Gasteiger partial charge on any atom is 0.325 e.